The number of nitrogens with one attached hydrogen (secondary N) is 1. The lowest BCUT2D eigenvalue weighted by Gasteiger charge is -2.57. The SMILES string of the molecule is Cc1[nH]n(-c2ccc(C34CC5CC(CC(C5)C3)C4)cc2)c(=O)c1C=Nc1cccc(Cl)c1. The van der Waals surface area contributed by atoms with Gasteiger partial charge in [-0.3, -0.25) is 14.9 Å². The van der Waals surface area contributed by atoms with E-state index in [4.69, 9.17) is 11.6 Å². The monoisotopic (exact) mass is 445 g/mol. The van der Waals surface area contributed by atoms with Gasteiger partial charge in [-0.2, -0.15) is 0 Å². The number of halogens is 1. The van der Waals surface area contributed by atoms with Crippen LogP contribution >= 0.6 is 11.6 Å². The molecule has 4 bridgehead atoms. The first-order valence-corrected chi connectivity index (χ1v) is 12.1. The van der Waals surface area contributed by atoms with Crippen molar-refractivity contribution >= 4 is 23.5 Å². The number of aromatic amines is 1. The van der Waals surface area contributed by atoms with Crippen LogP contribution in [-0.4, -0.2) is 16.0 Å². The third kappa shape index (κ3) is 3.36. The molecule has 0 aliphatic heterocycles. The number of aryl methyl sites for hydroxylation is 1. The maximum Gasteiger partial charge on any atom is 0.280 e. The molecule has 0 saturated heterocycles. The average molecular weight is 446 g/mol. The summed E-state index contributed by atoms with van der Waals surface area (Å²) in [5, 5.41) is 3.85. The van der Waals surface area contributed by atoms with E-state index in [1.54, 1.807) is 17.0 Å². The van der Waals surface area contributed by atoms with Crippen molar-refractivity contribution < 1.29 is 0 Å². The maximum absolute atomic E-state index is 13.1. The summed E-state index contributed by atoms with van der Waals surface area (Å²) in [7, 11) is 0. The van der Waals surface area contributed by atoms with Gasteiger partial charge in [0.2, 0.25) is 0 Å². The molecule has 32 heavy (non-hydrogen) atoms. The lowest BCUT2D eigenvalue weighted by atomic mass is 9.48. The molecule has 4 aliphatic carbocycles. The van der Waals surface area contributed by atoms with Crippen LogP contribution in [0.1, 0.15) is 55.3 Å². The first-order chi connectivity index (χ1) is 15.5. The molecular weight excluding hydrogens is 418 g/mol. The number of aromatic nitrogens is 2. The van der Waals surface area contributed by atoms with Gasteiger partial charge >= 0.3 is 0 Å². The molecule has 7 rings (SSSR count). The summed E-state index contributed by atoms with van der Waals surface area (Å²) in [6.07, 6.45) is 10.0. The molecule has 2 aromatic carbocycles. The van der Waals surface area contributed by atoms with E-state index >= 15 is 0 Å². The third-order valence-corrected chi connectivity index (χ3v) is 8.28. The van der Waals surface area contributed by atoms with Crippen LogP contribution in [0, 0.1) is 24.7 Å². The summed E-state index contributed by atoms with van der Waals surface area (Å²) >= 11 is 6.04. The minimum Gasteiger partial charge on any atom is -0.295 e. The Morgan fingerprint density at radius 1 is 1.03 bits per heavy atom. The highest BCUT2D eigenvalue weighted by molar-refractivity contribution is 6.30. The average Bonchev–Trinajstić information content (AvgIpc) is 3.05. The van der Waals surface area contributed by atoms with Gasteiger partial charge in [0.1, 0.15) is 0 Å². The van der Waals surface area contributed by atoms with Gasteiger partial charge in [0.25, 0.3) is 5.56 Å². The van der Waals surface area contributed by atoms with Crippen molar-refractivity contribution in [3.63, 3.8) is 0 Å². The lowest BCUT2D eigenvalue weighted by Crippen LogP contribution is -2.48. The Morgan fingerprint density at radius 2 is 1.69 bits per heavy atom. The molecule has 4 nitrogen and oxygen atoms in total. The van der Waals surface area contributed by atoms with Crippen molar-refractivity contribution in [1.82, 2.24) is 9.78 Å². The van der Waals surface area contributed by atoms with Crippen molar-refractivity contribution in [2.75, 3.05) is 0 Å². The zero-order valence-corrected chi connectivity index (χ0v) is 19.1. The Labute approximate surface area is 193 Å². The molecule has 0 spiro atoms. The molecule has 0 atom stereocenters. The van der Waals surface area contributed by atoms with Crippen LogP contribution < -0.4 is 5.56 Å². The van der Waals surface area contributed by atoms with Gasteiger partial charge in [-0.05, 0) is 105 Å². The Kier molecular flexibility index (Phi) is 4.69. The number of hydrogen-bond acceptors (Lipinski definition) is 2. The molecule has 1 aromatic heterocycles. The molecule has 4 fully saturated rings. The van der Waals surface area contributed by atoms with Crippen LogP contribution in [0.4, 0.5) is 5.69 Å². The molecule has 1 N–H and O–H groups in total. The van der Waals surface area contributed by atoms with Crippen LogP contribution in [0.15, 0.2) is 58.3 Å². The van der Waals surface area contributed by atoms with E-state index in [2.05, 4.69) is 34.4 Å². The Balaban J connectivity index is 1.28. The molecule has 1 heterocycles. The van der Waals surface area contributed by atoms with Crippen molar-refractivity contribution in [1.29, 1.82) is 0 Å². The van der Waals surface area contributed by atoms with Crippen LogP contribution in [0.2, 0.25) is 5.02 Å². The van der Waals surface area contributed by atoms with Gasteiger partial charge in [-0.25, -0.2) is 4.68 Å². The van der Waals surface area contributed by atoms with Gasteiger partial charge in [-0.15, -0.1) is 0 Å². The number of aliphatic imine (C=N–C) groups is 1. The number of benzene rings is 2. The Morgan fingerprint density at radius 3 is 2.31 bits per heavy atom. The Hall–Kier alpha value is -2.59. The molecular formula is C27H28ClN3O. The molecule has 3 aromatic rings. The summed E-state index contributed by atoms with van der Waals surface area (Å²) in [4.78, 5) is 17.5. The fourth-order valence-electron chi connectivity index (χ4n) is 7.02. The smallest absolute Gasteiger partial charge is 0.280 e. The van der Waals surface area contributed by atoms with Crippen LogP contribution in [0.3, 0.4) is 0 Å². The van der Waals surface area contributed by atoms with Crippen LogP contribution in [-0.2, 0) is 5.41 Å². The van der Waals surface area contributed by atoms with Crippen LogP contribution in [0.25, 0.3) is 5.69 Å². The van der Waals surface area contributed by atoms with Gasteiger partial charge in [0.05, 0.1) is 16.9 Å². The van der Waals surface area contributed by atoms with E-state index in [1.807, 2.05) is 25.1 Å². The second-order valence-corrected chi connectivity index (χ2v) is 10.7. The van der Waals surface area contributed by atoms with E-state index < -0.39 is 0 Å². The predicted molar refractivity (Wildman–Crippen MR) is 130 cm³/mol. The van der Waals surface area contributed by atoms with Crippen LogP contribution in [0.5, 0.6) is 0 Å². The summed E-state index contributed by atoms with van der Waals surface area (Å²) in [6, 6.07) is 16.0. The Bertz CT molecular complexity index is 1220. The van der Waals surface area contributed by atoms with Gasteiger partial charge in [0, 0.05) is 16.9 Å². The van der Waals surface area contributed by atoms with Gasteiger partial charge in [-0.1, -0.05) is 29.8 Å². The summed E-state index contributed by atoms with van der Waals surface area (Å²) in [5.41, 5.74) is 4.72. The highest BCUT2D eigenvalue weighted by Crippen LogP contribution is 2.60. The molecule has 0 amide bonds. The molecule has 5 heteroatoms. The standard InChI is InChI=1S/C27H28ClN3O/c1-17-25(16-29-23-4-2-3-22(28)12-23)26(32)31(30-17)24-7-5-21(6-8-24)27-13-18-9-19(14-27)11-20(10-18)15-27/h2-8,12,16,18-20,30H,9-11,13-15H2,1H3. The molecule has 4 aliphatic rings. The maximum atomic E-state index is 13.1. The molecule has 164 valence electrons. The number of H-pyrrole nitrogens is 1. The summed E-state index contributed by atoms with van der Waals surface area (Å²) in [6.45, 7) is 1.90. The topological polar surface area (TPSA) is 50.1 Å². The number of nitrogens with zero attached hydrogens (tertiary/aromatic N) is 2. The molecule has 0 unspecified atom stereocenters. The minimum atomic E-state index is -0.0872. The number of hydrogen-bond donors (Lipinski definition) is 1. The zero-order valence-electron chi connectivity index (χ0n) is 18.4. The first kappa shape index (κ1) is 20.0. The van der Waals surface area contributed by atoms with Crippen molar-refractivity contribution in [3.8, 4) is 5.69 Å². The molecule has 4 saturated carbocycles. The molecule has 0 radical (unpaired) electrons. The minimum absolute atomic E-state index is 0.0872. The second kappa shape index (κ2) is 7.48. The van der Waals surface area contributed by atoms with E-state index in [9.17, 15) is 4.79 Å². The third-order valence-electron chi connectivity index (χ3n) is 8.04. The summed E-state index contributed by atoms with van der Waals surface area (Å²) < 4.78 is 1.62. The normalized spacial score (nSPS) is 28.6. The van der Waals surface area contributed by atoms with E-state index in [0.717, 1.165) is 34.8 Å². The van der Waals surface area contributed by atoms with E-state index in [-0.39, 0.29) is 5.56 Å². The predicted octanol–water partition coefficient (Wildman–Crippen LogP) is 6.35. The lowest BCUT2D eigenvalue weighted by molar-refractivity contribution is -0.00518. The number of rotatable bonds is 4. The highest BCUT2D eigenvalue weighted by Gasteiger charge is 2.51. The largest absolute Gasteiger partial charge is 0.295 e. The zero-order chi connectivity index (χ0) is 21.9. The quantitative estimate of drug-likeness (QED) is 0.467. The van der Waals surface area contributed by atoms with Crippen molar-refractivity contribution in [2.24, 2.45) is 22.7 Å². The summed E-state index contributed by atoms with van der Waals surface area (Å²) in [5.74, 6) is 2.78. The fraction of sp³-hybridized carbons (Fsp3) is 0.407. The van der Waals surface area contributed by atoms with E-state index in [0.29, 0.717) is 16.0 Å². The van der Waals surface area contributed by atoms with E-state index in [1.165, 1.54) is 44.1 Å². The fourth-order valence-corrected chi connectivity index (χ4v) is 7.20. The van der Waals surface area contributed by atoms with Crippen molar-refractivity contribution in [2.45, 2.75) is 50.9 Å². The second-order valence-electron chi connectivity index (χ2n) is 10.3. The van der Waals surface area contributed by atoms with Crippen molar-refractivity contribution in [3.05, 3.63) is 80.7 Å². The van der Waals surface area contributed by atoms with Gasteiger partial charge in [0.15, 0.2) is 0 Å². The highest BCUT2D eigenvalue weighted by atomic mass is 35.5. The first-order valence-electron chi connectivity index (χ1n) is 11.7. The van der Waals surface area contributed by atoms with Gasteiger partial charge < -0.3 is 0 Å².